The monoisotopic (exact) mass is 397 g/mol. The van der Waals surface area contributed by atoms with E-state index in [9.17, 15) is 9.59 Å². The molecule has 1 aromatic carbocycles. The number of benzene rings is 1. The molecule has 28 heavy (non-hydrogen) atoms. The lowest BCUT2D eigenvalue weighted by Crippen LogP contribution is -2.14. The van der Waals surface area contributed by atoms with E-state index in [1.165, 1.54) is 25.1 Å². The average Bonchev–Trinajstić information content (AvgIpc) is 3.15. The molecular formula is C19H19N5O3S. The number of pyridine rings is 1. The Bertz CT molecular complexity index is 975. The van der Waals surface area contributed by atoms with Crippen molar-refractivity contribution in [1.29, 1.82) is 0 Å². The predicted molar refractivity (Wildman–Crippen MR) is 106 cm³/mol. The lowest BCUT2D eigenvalue weighted by molar-refractivity contribution is -0.113. The van der Waals surface area contributed by atoms with Gasteiger partial charge in [-0.3, -0.25) is 9.78 Å². The van der Waals surface area contributed by atoms with Crippen LogP contribution in [0.1, 0.15) is 17.3 Å². The molecule has 0 atom stereocenters. The lowest BCUT2D eigenvalue weighted by Gasteiger charge is -2.08. The van der Waals surface area contributed by atoms with E-state index in [4.69, 9.17) is 4.74 Å². The first-order valence-electron chi connectivity index (χ1n) is 8.58. The molecule has 1 N–H and O–H groups in total. The third kappa shape index (κ3) is 4.55. The summed E-state index contributed by atoms with van der Waals surface area (Å²) in [6.07, 6.45) is 1.52. The number of para-hydroxylation sites is 1. The van der Waals surface area contributed by atoms with Crippen molar-refractivity contribution in [1.82, 2.24) is 19.7 Å². The third-order valence-corrected chi connectivity index (χ3v) is 4.80. The third-order valence-electron chi connectivity index (χ3n) is 3.83. The summed E-state index contributed by atoms with van der Waals surface area (Å²) in [5, 5.41) is 11.8. The van der Waals surface area contributed by atoms with Crippen molar-refractivity contribution in [3.8, 4) is 11.5 Å². The normalized spacial score (nSPS) is 10.5. The highest BCUT2D eigenvalue weighted by Gasteiger charge is 2.17. The zero-order chi connectivity index (χ0) is 19.9. The van der Waals surface area contributed by atoms with Gasteiger partial charge in [0.25, 0.3) is 0 Å². The lowest BCUT2D eigenvalue weighted by atomic mass is 10.2. The first-order valence-corrected chi connectivity index (χ1v) is 9.56. The zero-order valence-electron chi connectivity index (χ0n) is 15.5. The summed E-state index contributed by atoms with van der Waals surface area (Å²) in [7, 11) is 1.33. The maximum Gasteiger partial charge on any atom is 0.337 e. The van der Waals surface area contributed by atoms with Crippen molar-refractivity contribution in [3.05, 3.63) is 54.2 Å². The second-order valence-corrected chi connectivity index (χ2v) is 6.62. The number of nitrogens with zero attached hydrogens (tertiary/aromatic N) is 4. The fraction of sp³-hybridized carbons (Fsp3) is 0.211. The minimum atomic E-state index is -0.446. The topological polar surface area (TPSA) is 99.0 Å². The van der Waals surface area contributed by atoms with Crippen molar-refractivity contribution < 1.29 is 14.3 Å². The van der Waals surface area contributed by atoms with E-state index in [2.05, 4.69) is 20.5 Å². The van der Waals surface area contributed by atoms with Crippen molar-refractivity contribution in [2.75, 3.05) is 18.2 Å². The summed E-state index contributed by atoms with van der Waals surface area (Å²) < 4.78 is 6.60. The van der Waals surface area contributed by atoms with Gasteiger partial charge in [-0.05, 0) is 31.2 Å². The van der Waals surface area contributed by atoms with Gasteiger partial charge in [-0.2, -0.15) is 0 Å². The maximum absolute atomic E-state index is 12.2. The van der Waals surface area contributed by atoms with Crippen LogP contribution in [-0.4, -0.2) is 44.5 Å². The number of hydrogen-bond donors (Lipinski definition) is 1. The number of aromatic nitrogens is 4. The van der Waals surface area contributed by atoms with Gasteiger partial charge < -0.3 is 14.6 Å². The van der Waals surface area contributed by atoms with Gasteiger partial charge in [-0.15, -0.1) is 10.2 Å². The molecule has 0 bridgehead atoms. The minimum absolute atomic E-state index is 0.130. The van der Waals surface area contributed by atoms with Gasteiger partial charge in [-0.1, -0.05) is 30.0 Å². The Morgan fingerprint density at radius 1 is 1.18 bits per heavy atom. The van der Waals surface area contributed by atoms with Crippen LogP contribution in [0.5, 0.6) is 0 Å². The van der Waals surface area contributed by atoms with Crippen LogP contribution in [0.25, 0.3) is 11.5 Å². The first kappa shape index (κ1) is 19.6. The molecule has 0 saturated heterocycles. The molecule has 1 amide bonds. The molecule has 0 unspecified atom stereocenters. The molecule has 0 aliphatic heterocycles. The standard InChI is InChI=1S/C19H19N5O3S/c1-3-24-17(15-11-13(9-10-20-15)18(26)27-2)22-23-19(24)28-12-16(25)21-14-7-5-4-6-8-14/h4-11H,3,12H2,1-2H3,(H,21,25). The van der Waals surface area contributed by atoms with E-state index in [1.807, 2.05) is 41.8 Å². The molecule has 0 aliphatic carbocycles. The smallest absolute Gasteiger partial charge is 0.337 e. The number of amides is 1. The highest BCUT2D eigenvalue weighted by Crippen LogP contribution is 2.23. The molecule has 0 fully saturated rings. The van der Waals surface area contributed by atoms with Gasteiger partial charge >= 0.3 is 5.97 Å². The summed E-state index contributed by atoms with van der Waals surface area (Å²) in [5.74, 6) is 0.148. The molecule has 2 aromatic heterocycles. The fourth-order valence-corrected chi connectivity index (χ4v) is 3.32. The molecule has 2 heterocycles. The van der Waals surface area contributed by atoms with E-state index >= 15 is 0 Å². The Hall–Kier alpha value is -3.20. The van der Waals surface area contributed by atoms with Gasteiger partial charge in [0, 0.05) is 18.4 Å². The molecule has 0 radical (unpaired) electrons. The zero-order valence-corrected chi connectivity index (χ0v) is 16.3. The number of methoxy groups -OCH3 is 1. The van der Waals surface area contributed by atoms with Gasteiger partial charge in [0.2, 0.25) is 5.91 Å². The highest BCUT2D eigenvalue weighted by molar-refractivity contribution is 7.99. The van der Waals surface area contributed by atoms with Crippen molar-refractivity contribution in [3.63, 3.8) is 0 Å². The quantitative estimate of drug-likeness (QED) is 0.483. The van der Waals surface area contributed by atoms with E-state index in [0.29, 0.717) is 28.8 Å². The number of thioether (sulfide) groups is 1. The van der Waals surface area contributed by atoms with Crippen LogP contribution in [0.4, 0.5) is 5.69 Å². The summed E-state index contributed by atoms with van der Waals surface area (Å²) in [5.41, 5.74) is 1.64. The Kier molecular flexibility index (Phi) is 6.38. The highest BCUT2D eigenvalue weighted by atomic mass is 32.2. The average molecular weight is 397 g/mol. The van der Waals surface area contributed by atoms with Crippen molar-refractivity contribution in [2.45, 2.75) is 18.6 Å². The predicted octanol–water partition coefficient (Wildman–Crippen LogP) is 2.88. The van der Waals surface area contributed by atoms with Crippen molar-refractivity contribution in [2.24, 2.45) is 0 Å². The number of carbonyl (C=O) groups is 2. The van der Waals surface area contributed by atoms with Crippen LogP contribution in [0.3, 0.4) is 0 Å². The second-order valence-electron chi connectivity index (χ2n) is 5.67. The summed E-state index contributed by atoms with van der Waals surface area (Å²) in [6.45, 7) is 2.54. The van der Waals surface area contributed by atoms with Gasteiger partial charge in [0.15, 0.2) is 11.0 Å². The Morgan fingerprint density at radius 2 is 1.96 bits per heavy atom. The number of esters is 1. The van der Waals surface area contributed by atoms with E-state index in [-0.39, 0.29) is 11.7 Å². The minimum Gasteiger partial charge on any atom is -0.465 e. The van der Waals surface area contributed by atoms with E-state index < -0.39 is 5.97 Å². The molecule has 8 nitrogen and oxygen atoms in total. The summed E-state index contributed by atoms with van der Waals surface area (Å²) in [4.78, 5) is 28.2. The molecule has 0 spiro atoms. The van der Waals surface area contributed by atoms with Gasteiger partial charge in [-0.25, -0.2) is 4.79 Å². The number of carbonyl (C=O) groups excluding carboxylic acids is 2. The number of anilines is 1. The Morgan fingerprint density at radius 3 is 2.68 bits per heavy atom. The van der Waals surface area contributed by atoms with Crippen LogP contribution in [-0.2, 0) is 16.1 Å². The molecule has 9 heteroatoms. The summed E-state index contributed by atoms with van der Waals surface area (Å²) in [6, 6.07) is 12.4. The SMILES string of the molecule is CCn1c(SCC(=O)Nc2ccccc2)nnc1-c1cc(C(=O)OC)ccn1. The number of nitrogens with one attached hydrogen (secondary N) is 1. The molecule has 144 valence electrons. The van der Waals surface area contributed by atoms with Crippen LogP contribution < -0.4 is 5.32 Å². The van der Waals surface area contributed by atoms with Crippen LogP contribution in [0.2, 0.25) is 0 Å². The second kappa shape index (κ2) is 9.14. The molecule has 3 rings (SSSR count). The number of rotatable bonds is 7. The van der Waals surface area contributed by atoms with Crippen molar-refractivity contribution >= 4 is 29.3 Å². The summed E-state index contributed by atoms with van der Waals surface area (Å²) >= 11 is 1.29. The molecule has 0 saturated carbocycles. The first-order chi connectivity index (χ1) is 13.6. The molecular weight excluding hydrogens is 378 g/mol. The van der Waals surface area contributed by atoms with Gasteiger partial charge in [0.05, 0.1) is 18.4 Å². The van der Waals surface area contributed by atoms with Gasteiger partial charge in [0.1, 0.15) is 5.69 Å². The number of hydrogen-bond acceptors (Lipinski definition) is 7. The fourth-order valence-electron chi connectivity index (χ4n) is 2.52. The molecule has 3 aromatic rings. The van der Waals surface area contributed by atoms with E-state index in [1.54, 1.807) is 12.1 Å². The van der Waals surface area contributed by atoms with Crippen LogP contribution in [0.15, 0.2) is 53.8 Å². The van der Waals surface area contributed by atoms with Crippen LogP contribution >= 0.6 is 11.8 Å². The largest absolute Gasteiger partial charge is 0.465 e. The number of ether oxygens (including phenoxy) is 1. The molecule has 0 aliphatic rings. The van der Waals surface area contributed by atoms with E-state index in [0.717, 1.165) is 5.69 Å². The maximum atomic E-state index is 12.2. The van der Waals surface area contributed by atoms with Crippen LogP contribution in [0, 0.1) is 0 Å². The Labute approximate surface area is 166 Å². The Balaban J connectivity index is 1.73.